The molecule has 8 nitrogen and oxygen atoms in total. The minimum atomic E-state index is -0.510. The fourth-order valence-electron chi connectivity index (χ4n) is 2.78. The predicted octanol–water partition coefficient (Wildman–Crippen LogP) is 3.26. The Kier molecular flexibility index (Phi) is 6.74. The van der Waals surface area contributed by atoms with Crippen molar-refractivity contribution in [2.75, 3.05) is 5.73 Å². The Labute approximate surface area is 178 Å². The summed E-state index contributed by atoms with van der Waals surface area (Å²) in [6, 6.07) is 21.2. The molecule has 0 saturated carbocycles. The highest BCUT2D eigenvalue weighted by atomic mass is 16.6. The molecule has 8 heteroatoms. The molecule has 0 aliphatic heterocycles. The number of rotatable bonds is 7. The van der Waals surface area contributed by atoms with Crippen LogP contribution in [0.15, 0.2) is 84.6 Å². The van der Waals surface area contributed by atoms with Gasteiger partial charge in [0, 0.05) is 29.9 Å². The molecule has 0 bridgehead atoms. The van der Waals surface area contributed by atoms with E-state index in [-0.39, 0.29) is 17.9 Å². The Morgan fingerprint density at radius 3 is 2.32 bits per heavy atom. The maximum absolute atomic E-state index is 12.8. The number of nitrogens with two attached hydrogens (primary N) is 1. The second-order valence-electron chi connectivity index (χ2n) is 6.65. The van der Waals surface area contributed by atoms with E-state index in [1.807, 2.05) is 6.07 Å². The SMILES string of the molecule is Nc1cccc(CNC(=O)/C(=C\c2ccc([N+](=O)[O-])cc2)NC(=O)c2ccccc2)c1. The number of nitro benzene ring substituents is 1. The molecule has 0 unspecified atom stereocenters. The third kappa shape index (κ3) is 6.01. The average molecular weight is 416 g/mol. The van der Waals surface area contributed by atoms with Gasteiger partial charge in [0.1, 0.15) is 5.70 Å². The number of hydrogen-bond donors (Lipinski definition) is 3. The summed E-state index contributed by atoms with van der Waals surface area (Å²) in [5.41, 5.74) is 7.99. The zero-order valence-electron chi connectivity index (χ0n) is 16.4. The van der Waals surface area contributed by atoms with Gasteiger partial charge in [-0.2, -0.15) is 0 Å². The fourth-order valence-corrected chi connectivity index (χ4v) is 2.78. The molecule has 0 aliphatic carbocycles. The van der Waals surface area contributed by atoms with Crippen LogP contribution in [0.3, 0.4) is 0 Å². The monoisotopic (exact) mass is 416 g/mol. The quantitative estimate of drug-likeness (QED) is 0.236. The van der Waals surface area contributed by atoms with Crippen LogP contribution in [0.2, 0.25) is 0 Å². The van der Waals surface area contributed by atoms with Gasteiger partial charge in [-0.15, -0.1) is 0 Å². The summed E-state index contributed by atoms with van der Waals surface area (Å²) >= 11 is 0. The van der Waals surface area contributed by atoms with E-state index >= 15 is 0 Å². The number of nitrogen functional groups attached to an aromatic ring is 1. The summed E-state index contributed by atoms with van der Waals surface area (Å²) in [5, 5.41) is 16.2. The van der Waals surface area contributed by atoms with Crippen molar-refractivity contribution >= 4 is 29.3 Å². The van der Waals surface area contributed by atoms with Gasteiger partial charge in [-0.25, -0.2) is 0 Å². The first-order valence-corrected chi connectivity index (χ1v) is 9.37. The topological polar surface area (TPSA) is 127 Å². The van der Waals surface area contributed by atoms with Crippen molar-refractivity contribution in [2.45, 2.75) is 6.54 Å². The third-order valence-corrected chi connectivity index (χ3v) is 4.35. The van der Waals surface area contributed by atoms with E-state index in [1.54, 1.807) is 48.5 Å². The van der Waals surface area contributed by atoms with E-state index in [0.717, 1.165) is 5.56 Å². The first-order valence-electron chi connectivity index (χ1n) is 9.37. The van der Waals surface area contributed by atoms with Crippen molar-refractivity contribution in [3.8, 4) is 0 Å². The number of nitro groups is 1. The highest BCUT2D eigenvalue weighted by Crippen LogP contribution is 2.14. The Bertz CT molecular complexity index is 1130. The first kappa shape index (κ1) is 21.3. The van der Waals surface area contributed by atoms with Crippen LogP contribution in [0, 0.1) is 10.1 Å². The Balaban J connectivity index is 1.82. The number of hydrogen-bond acceptors (Lipinski definition) is 5. The third-order valence-electron chi connectivity index (χ3n) is 4.35. The molecule has 156 valence electrons. The average Bonchev–Trinajstić information content (AvgIpc) is 2.78. The van der Waals surface area contributed by atoms with Crippen molar-refractivity contribution in [1.29, 1.82) is 0 Å². The van der Waals surface area contributed by atoms with Crippen LogP contribution in [-0.4, -0.2) is 16.7 Å². The van der Waals surface area contributed by atoms with E-state index in [9.17, 15) is 19.7 Å². The number of benzene rings is 3. The molecule has 0 fully saturated rings. The zero-order valence-corrected chi connectivity index (χ0v) is 16.4. The summed E-state index contributed by atoms with van der Waals surface area (Å²) in [4.78, 5) is 35.7. The molecule has 0 spiro atoms. The van der Waals surface area contributed by atoms with Gasteiger partial charge < -0.3 is 16.4 Å². The van der Waals surface area contributed by atoms with Gasteiger partial charge in [-0.1, -0.05) is 30.3 Å². The molecule has 0 aromatic heterocycles. The maximum atomic E-state index is 12.8. The van der Waals surface area contributed by atoms with E-state index in [0.29, 0.717) is 16.8 Å². The Morgan fingerprint density at radius 1 is 0.968 bits per heavy atom. The lowest BCUT2D eigenvalue weighted by Crippen LogP contribution is -2.34. The van der Waals surface area contributed by atoms with Crippen molar-refractivity contribution < 1.29 is 14.5 Å². The van der Waals surface area contributed by atoms with Gasteiger partial charge in [0.15, 0.2) is 0 Å². The number of nitrogens with one attached hydrogen (secondary N) is 2. The van der Waals surface area contributed by atoms with Gasteiger partial charge in [0.25, 0.3) is 17.5 Å². The standard InChI is InChI=1S/C23H20N4O4/c24-19-8-4-5-17(13-19)15-25-23(29)21(26-22(28)18-6-2-1-3-7-18)14-16-9-11-20(12-10-16)27(30)31/h1-14H,15,24H2,(H,25,29)(H,26,28)/b21-14+. The molecule has 0 saturated heterocycles. The van der Waals surface area contributed by atoms with Gasteiger partial charge in [-0.3, -0.25) is 19.7 Å². The molecule has 0 radical (unpaired) electrons. The number of nitrogens with zero attached hydrogens (tertiary/aromatic N) is 1. The van der Waals surface area contributed by atoms with Crippen molar-refractivity contribution in [2.24, 2.45) is 0 Å². The molecule has 4 N–H and O–H groups in total. The molecule has 2 amide bonds. The smallest absolute Gasteiger partial charge is 0.269 e. The lowest BCUT2D eigenvalue weighted by atomic mass is 10.1. The highest BCUT2D eigenvalue weighted by Gasteiger charge is 2.15. The fraction of sp³-hybridized carbons (Fsp3) is 0.0435. The van der Waals surface area contributed by atoms with Crippen LogP contribution >= 0.6 is 0 Å². The minimum absolute atomic E-state index is 0.00612. The molecule has 0 atom stereocenters. The molecular weight excluding hydrogens is 396 g/mol. The van der Waals surface area contributed by atoms with Crippen LogP contribution < -0.4 is 16.4 Å². The second-order valence-corrected chi connectivity index (χ2v) is 6.65. The number of anilines is 1. The lowest BCUT2D eigenvalue weighted by molar-refractivity contribution is -0.384. The molecular formula is C23H20N4O4. The molecule has 0 aliphatic rings. The minimum Gasteiger partial charge on any atom is -0.399 e. The summed E-state index contributed by atoms with van der Waals surface area (Å²) in [7, 11) is 0. The zero-order chi connectivity index (χ0) is 22.2. The van der Waals surface area contributed by atoms with Gasteiger partial charge in [0.2, 0.25) is 0 Å². The maximum Gasteiger partial charge on any atom is 0.269 e. The van der Waals surface area contributed by atoms with Crippen molar-refractivity contribution in [3.05, 3.63) is 111 Å². The number of carbonyl (C=O) groups is 2. The van der Waals surface area contributed by atoms with Gasteiger partial charge in [0.05, 0.1) is 4.92 Å². The Morgan fingerprint density at radius 2 is 1.68 bits per heavy atom. The predicted molar refractivity (Wildman–Crippen MR) is 118 cm³/mol. The van der Waals surface area contributed by atoms with Crippen LogP contribution in [0.4, 0.5) is 11.4 Å². The molecule has 3 aromatic rings. The number of non-ortho nitro benzene ring substituents is 1. The highest BCUT2D eigenvalue weighted by molar-refractivity contribution is 6.05. The molecule has 3 aromatic carbocycles. The number of carbonyl (C=O) groups excluding carboxylic acids is 2. The van der Waals surface area contributed by atoms with Crippen molar-refractivity contribution in [1.82, 2.24) is 10.6 Å². The number of amides is 2. The van der Waals surface area contributed by atoms with E-state index in [1.165, 1.54) is 30.3 Å². The second kappa shape index (κ2) is 9.84. The molecule has 0 heterocycles. The van der Waals surface area contributed by atoms with Gasteiger partial charge >= 0.3 is 0 Å². The summed E-state index contributed by atoms with van der Waals surface area (Å²) in [6.45, 7) is 0.211. The van der Waals surface area contributed by atoms with Crippen LogP contribution in [0.5, 0.6) is 0 Å². The van der Waals surface area contributed by atoms with E-state index in [4.69, 9.17) is 5.73 Å². The van der Waals surface area contributed by atoms with Crippen LogP contribution in [0.25, 0.3) is 6.08 Å². The summed E-state index contributed by atoms with van der Waals surface area (Å²) in [6.07, 6.45) is 1.46. The summed E-state index contributed by atoms with van der Waals surface area (Å²) in [5.74, 6) is -0.960. The molecule has 31 heavy (non-hydrogen) atoms. The Hall–Kier alpha value is -4.46. The van der Waals surface area contributed by atoms with E-state index < -0.39 is 16.7 Å². The lowest BCUT2D eigenvalue weighted by Gasteiger charge is -2.12. The van der Waals surface area contributed by atoms with Crippen molar-refractivity contribution in [3.63, 3.8) is 0 Å². The molecule has 3 rings (SSSR count). The first-order chi connectivity index (χ1) is 14.9. The van der Waals surface area contributed by atoms with Crippen LogP contribution in [-0.2, 0) is 11.3 Å². The normalized spacial score (nSPS) is 10.9. The van der Waals surface area contributed by atoms with E-state index in [2.05, 4.69) is 10.6 Å². The van der Waals surface area contributed by atoms with Crippen LogP contribution in [0.1, 0.15) is 21.5 Å². The summed E-state index contributed by atoms with van der Waals surface area (Å²) < 4.78 is 0. The van der Waals surface area contributed by atoms with Gasteiger partial charge in [-0.05, 0) is 53.6 Å². The largest absolute Gasteiger partial charge is 0.399 e.